The Morgan fingerprint density at radius 1 is 1.32 bits per heavy atom. The Balaban J connectivity index is 1.54. The Labute approximate surface area is 163 Å². The number of rotatable bonds is 6. The van der Waals surface area contributed by atoms with Gasteiger partial charge in [-0.25, -0.2) is 4.79 Å². The molecule has 1 aliphatic heterocycles. The molecule has 1 aliphatic rings. The van der Waals surface area contributed by atoms with Gasteiger partial charge in [-0.05, 0) is 31.2 Å². The van der Waals surface area contributed by atoms with Crippen LogP contribution in [0.3, 0.4) is 0 Å². The number of urea groups is 1. The van der Waals surface area contributed by atoms with Gasteiger partial charge in [0.15, 0.2) is 5.82 Å². The minimum absolute atomic E-state index is 0.114. The van der Waals surface area contributed by atoms with Crippen molar-refractivity contribution in [3.05, 3.63) is 36.0 Å². The first-order valence-corrected chi connectivity index (χ1v) is 9.34. The molecular weight excluding hydrogens is 362 g/mol. The zero-order valence-corrected chi connectivity index (χ0v) is 16.3. The van der Waals surface area contributed by atoms with Gasteiger partial charge < -0.3 is 24.4 Å². The molecular formula is C19H25N5O4. The summed E-state index contributed by atoms with van der Waals surface area (Å²) in [4.78, 5) is 32.7. The van der Waals surface area contributed by atoms with Crippen LogP contribution in [0.25, 0.3) is 0 Å². The van der Waals surface area contributed by atoms with Crippen LogP contribution in [0.1, 0.15) is 25.6 Å². The van der Waals surface area contributed by atoms with E-state index in [0.29, 0.717) is 44.2 Å². The van der Waals surface area contributed by atoms with Crippen LogP contribution in [0, 0.1) is 0 Å². The molecule has 1 atom stereocenters. The number of benzene rings is 1. The van der Waals surface area contributed by atoms with Gasteiger partial charge in [-0.3, -0.25) is 4.79 Å². The summed E-state index contributed by atoms with van der Waals surface area (Å²) >= 11 is 0. The minimum Gasteiger partial charge on any atom is -0.497 e. The first-order valence-electron chi connectivity index (χ1n) is 9.34. The molecule has 0 spiro atoms. The van der Waals surface area contributed by atoms with Crippen molar-refractivity contribution in [2.45, 2.75) is 32.7 Å². The summed E-state index contributed by atoms with van der Waals surface area (Å²) in [7, 11) is 1.60. The minimum atomic E-state index is -0.548. The molecule has 3 rings (SSSR count). The summed E-state index contributed by atoms with van der Waals surface area (Å²) in [5.41, 5.74) is 0.793. The van der Waals surface area contributed by atoms with Gasteiger partial charge in [0.1, 0.15) is 11.8 Å². The van der Waals surface area contributed by atoms with E-state index < -0.39 is 6.04 Å². The molecule has 1 saturated heterocycles. The summed E-state index contributed by atoms with van der Waals surface area (Å²) < 4.78 is 10.2. The number of carbonyl (C=O) groups is 2. The molecule has 2 aromatic rings. The number of hydrogen-bond acceptors (Lipinski definition) is 6. The lowest BCUT2D eigenvalue weighted by atomic mass is 10.1. The first-order chi connectivity index (χ1) is 13.5. The molecule has 28 heavy (non-hydrogen) atoms. The van der Waals surface area contributed by atoms with E-state index in [1.165, 1.54) is 0 Å². The molecule has 1 N–H and O–H groups in total. The Kier molecular flexibility index (Phi) is 6.13. The maximum absolute atomic E-state index is 12.8. The van der Waals surface area contributed by atoms with Crippen molar-refractivity contribution in [2.24, 2.45) is 0 Å². The van der Waals surface area contributed by atoms with E-state index in [0.717, 1.165) is 11.4 Å². The van der Waals surface area contributed by atoms with Gasteiger partial charge in [-0.2, -0.15) is 4.98 Å². The van der Waals surface area contributed by atoms with E-state index in [-0.39, 0.29) is 11.9 Å². The Morgan fingerprint density at radius 3 is 2.71 bits per heavy atom. The van der Waals surface area contributed by atoms with Gasteiger partial charge in [0.25, 0.3) is 0 Å². The largest absolute Gasteiger partial charge is 0.497 e. The monoisotopic (exact) mass is 387 g/mol. The Hall–Kier alpha value is -3.10. The van der Waals surface area contributed by atoms with E-state index in [1.54, 1.807) is 23.8 Å². The van der Waals surface area contributed by atoms with Crippen LogP contribution in [0.2, 0.25) is 0 Å². The van der Waals surface area contributed by atoms with Crippen molar-refractivity contribution in [1.82, 2.24) is 20.4 Å². The summed E-state index contributed by atoms with van der Waals surface area (Å²) in [5, 5.41) is 6.69. The summed E-state index contributed by atoms with van der Waals surface area (Å²) in [6.07, 6.45) is 1.15. The number of piperazine rings is 1. The van der Waals surface area contributed by atoms with Gasteiger partial charge in [-0.15, -0.1) is 0 Å². The maximum Gasteiger partial charge on any atom is 0.318 e. The van der Waals surface area contributed by atoms with Crippen molar-refractivity contribution in [3.8, 4) is 5.75 Å². The third-order valence-corrected chi connectivity index (χ3v) is 4.74. The van der Waals surface area contributed by atoms with Gasteiger partial charge in [0.2, 0.25) is 11.8 Å². The molecule has 0 radical (unpaired) electrons. The topological polar surface area (TPSA) is 101 Å². The first kappa shape index (κ1) is 19.7. The lowest BCUT2D eigenvalue weighted by molar-refractivity contribution is -0.124. The standard InChI is InChI=1S/C19H25N5O4/c1-4-17-21-16(22-28-17)9-10-20-19(26)23-11-12-24(18(25)13(23)2)14-5-7-15(27-3)8-6-14/h5-8,13H,4,9-12H2,1-3H3,(H,20,26)/t13-/m1/s1. The third-order valence-electron chi connectivity index (χ3n) is 4.74. The molecule has 1 fully saturated rings. The van der Waals surface area contributed by atoms with Crippen LogP contribution in [0.5, 0.6) is 5.75 Å². The zero-order valence-electron chi connectivity index (χ0n) is 16.3. The number of methoxy groups -OCH3 is 1. The van der Waals surface area contributed by atoms with Crippen molar-refractivity contribution in [3.63, 3.8) is 0 Å². The number of ether oxygens (including phenoxy) is 1. The number of anilines is 1. The predicted molar refractivity (Wildman–Crippen MR) is 102 cm³/mol. The smallest absolute Gasteiger partial charge is 0.318 e. The lowest BCUT2D eigenvalue weighted by Gasteiger charge is -2.39. The number of nitrogens with zero attached hydrogens (tertiary/aromatic N) is 4. The fraction of sp³-hybridized carbons (Fsp3) is 0.474. The number of carbonyl (C=O) groups excluding carboxylic acids is 2. The summed E-state index contributed by atoms with van der Waals surface area (Å²) in [6.45, 7) is 4.94. The van der Waals surface area contributed by atoms with Crippen LogP contribution in [0.4, 0.5) is 10.5 Å². The van der Waals surface area contributed by atoms with Crippen LogP contribution < -0.4 is 15.0 Å². The van der Waals surface area contributed by atoms with Gasteiger partial charge in [-0.1, -0.05) is 12.1 Å². The van der Waals surface area contributed by atoms with Gasteiger partial charge in [0.05, 0.1) is 7.11 Å². The Morgan fingerprint density at radius 2 is 2.07 bits per heavy atom. The molecule has 9 heteroatoms. The van der Waals surface area contributed by atoms with Crippen molar-refractivity contribution < 1.29 is 18.8 Å². The molecule has 0 unspecified atom stereocenters. The highest BCUT2D eigenvalue weighted by molar-refractivity contribution is 6.00. The number of aromatic nitrogens is 2. The number of aryl methyl sites for hydroxylation is 1. The van der Waals surface area contributed by atoms with E-state index >= 15 is 0 Å². The van der Waals surface area contributed by atoms with Gasteiger partial charge in [0, 0.05) is 38.2 Å². The molecule has 0 aliphatic carbocycles. The predicted octanol–water partition coefficient (Wildman–Crippen LogP) is 1.63. The summed E-state index contributed by atoms with van der Waals surface area (Å²) in [5.74, 6) is 1.76. The quantitative estimate of drug-likeness (QED) is 0.809. The lowest BCUT2D eigenvalue weighted by Crippen LogP contribution is -2.59. The third kappa shape index (κ3) is 4.24. The molecule has 0 saturated carbocycles. The second kappa shape index (κ2) is 8.73. The molecule has 3 amide bonds. The van der Waals surface area contributed by atoms with E-state index in [9.17, 15) is 9.59 Å². The molecule has 1 aromatic carbocycles. The second-order valence-electron chi connectivity index (χ2n) is 6.50. The fourth-order valence-corrected chi connectivity index (χ4v) is 3.08. The van der Waals surface area contributed by atoms with Crippen molar-refractivity contribution in [2.75, 3.05) is 31.6 Å². The van der Waals surface area contributed by atoms with Crippen LogP contribution in [0.15, 0.2) is 28.8 Å². The molecule has 0 bridgehead atoms. The van der Waals surface area contributed by atoms with Crippen LogP contribution in [-0.2, 0) is 17.6 Å². The molecule has 150 valence electrons. The van der Waals surface area contributed by atoms with Crippen LogP contribution in [-0.4, -0.2) is 59.8 Å². The van der Waals surface area contributed by atoms with Crippen molar-refractivity contribution >= 4 is 17.6 Å². The highest BCUT2D eigenvalue weighted by Gasteiger charge is 2.34. The SMILES string of the molecule is CCc1nc(CCNC(=O)N2CCN(c3ccc(OC)cc3)C(=O)[C@H]2C)no1. The Bertz CT molecular complexity index is 820. The van der Waals surface area contributed by atoms with E-state index in [1.807, 2.05) is 31.2 Å². The van der Waals surface area contributed by atoms with Crippen molar-refractivity contribution in [1.29, 1.82) is 0 Å². The number of hydrogen-bond donors (Lipinski definition) is 1. The van der Waals surface area contributed by atoms with Gasteiger partial charge >= 0.3 is 6.03 Å². The van der Waals surface area contributed by atoms with Crippen LogP contribution >= 0.6 is 0 Å². The number of amides is 3. The summed E-state index contributed by atoms with van der Waals surface area (Å²) in [6, 6.07) is 6.49. The highest BCUT2D eigenvalue weighted by atomic mass is 16.5. The zero-order chi connectivity index (χ0) is 20.1. The average Bonchev–Trinajstić information content (AvgIpc) is 3.18. The second-order valence-corrected chi connectivity index (χ2v) is 6.50. The van der Waals surface area contributed by atoms with E-state index in [4.69, 9.17) is 9.26 Å². The molecule has 9 nitrogen and oxygen atoms in total. The molecule has 1 aromatic heterocycles. The molecule has 2 heterocycles. The van der Waals surface area contributed by atoms with E-state index in [2.05, 4.69) is 15.5 Å². The maximum atomic E-state index is 12.8. The average molecular weight is 387 g/mol. The fourth-order valence-electron chi connectivity index (χ4n) is 3.08. The highest BCUT2D eigenvalue weighted by Crippen LogP contribution is 2.23. The normalized spacial score (nSPS) is 17.0. The number of nitrogens with one attached hydrogen (secondary N) is 1.